The van der Waals surface area contributed by atoms with Gasteiger partial charge >= 0.3 is 11.9 Å². The number of hydrogen-bond donors (Lipinski definition) is 0. The summed E-state index contributed by atoms with van der Waals surface area (Å²) in [4.78, 5) is 25.7. The summed E-state index contributed by atoms with van der Waals surface area (Å²) in [5.74, 6) is -0.614. The topological polar surface area (TPSA) is 43.4 Å². The van der Waals surface area contributed by atoms with Crippen molar-refractivity contribution in [2.75, 3.05) is 0 Å². The number of carbonyl (C=O) groups excluding carboxylic acids is 2. The minimum atomic E-state index is -0.288. The van der Waals surface area contributed by atoms with Gasteiger partial charge in [-0.25, -0.2) is 0 Å². The first-order valence-electron chi connectivity index (χ1n) is 23.9. The van der Waals surface area contributed by atoms with Gasteiger partial charge < -0.3 is 4.74 Å². The maximum atomic E-state index is 13.1. The minimum absolute atomic E-state index is 0.0963. The quantitative estimate of drug-likeness (QED) is 0.0358. The molecule has 0 saturated carbocycles. The van der Waals surface area contributed by atoms with E-state index < -0.39 is 0 Å². The van der Waals surface area contributed by atoms with Gasteiger partial charge in [-0.2, -0.15) is 0 Å². The van der Waals surface area contributed by atoms with Gasteiger partial charge in [0, 0.05) is 6.42 Å². The summed E-state index contributed by atoms with van der Waals surface area (Å²) in [5.41, 5.74) is 0. The highest BCUT2D eigenvalue weighted by molar-refractivity contribution is 5.86. The predicted octanol–water partition coefficient (Wildman–Crippen LogP) is 17.1. The van der Waals surface area contributed by atoms with Crippen LogP contribution in [0.15, 0.2) is 0 Å². The molecule has 0 aliphatic rings. The van der Waals surface area contributed by atoms with Crippen LogP contribution in [-0.2, 0) is 14.3 Å². The number of ether oxygens (including phenoxy) is 1. The molecule has 0 amide bonds. The van der Waals surface area contributed by atoms with Crippen molar-refractivity contribution in [2.24, 2.45) is 5.92 Å². The molecule has 0 aliphatic heterocycles. The minimum Gasteiger partial charge on any atom is -0.393 e. The van der Waals surface area contributed by atoms with Crippen molar-refractivity contribution >= 4 is 11.9 Å². The van der Waals surface area contributed by atoms with Gasteiger partial charge in [0.2, 0.25) is 0 Å². The van der Waals surface area contributed by atoms with Crippen LogP contribution in [0.1, 0.15) is 290 Å². The van der Waals surface area contributed by atoms with Crippen molar-refractivity contribution in [1.82, 2.24) is 0 Å². The molecular weight excluding hydrogens is 625 g/mol. The van der Waals surface area contributed by atoms with Crippen molar-refractivity contribution in [1.29, 1.82) is 0 Å². The van der Waals surface area contributed by atoms with Crippen molar-refractivity contribution < 1.29 is 14.3 Å². The average Bonchev–Trinajstić information content (AvgIpc) is 3.13. The first-order chi connectivity index (χ1) is 25.2. The van der Waals surface area contributed by atoms with E-state index in [0.29, 0.717) is 6.42 Å². The lowest BCUT2D eigenvalue weighted by molar-refractivity contribution is -0.163. The summed E-state index contributed by atoms with van der Waals surface area (Å²) in [5, 5.41) is 0. The molecule has 0 aliphatic carbocycles. The number of hydrogen-bond acceptors (Lipinski definition) is 3. The van der Waals surface area contributed by atoms with Crippen LogP contribution in [0.4, 0.5) is 0 Å². The van der Waals surface area contributed by atoms with Crippen LogP contribution in [0, 0.1) is 5.92 Å². The van der Waals surface area contributed by atoms with Gasteiger partial charge in [-0.1, -0.05) is 265 Å². The fraction of sp³-hybridized carbons (Fsp3) is 0.958. The van der Waals surface area contributed by atoms with Crippen molar-refractivity contribution in [2.45, 2.75) is 290 Å². The molecule has 1 unspecified atom stereocenters. The Labute approximate surface area is 321 Å². The fourth-order valence-corrected chi connectivity index (χ4v) is 7.73. The van der Waals surface area contributed by atoms with E-state index in [1.54, 1.807) is 0 Å². The molecular formula is C48H94O3. The molecule has 1 atom stereocenters. The highest BCUT2D eigenvalue weighted by Crippen LogP contribution is 2.22. The van der Waals surface area contributed by atoms with Crippen LogP contribution < -0.4 is 0 Å². The molecule has 3 nitrogen and oxygen atoms in total. The Kier molecular flexibility index (Phi) is 42.8. The maximum Gasteiger partial charge on any atom is 0.316 e. The Morgan fingerprint density at radius 1 is 0.314 bits per heavy atom. The number of esters is 2. The van der Waals surface area contributed by atoms with E-state index in [9.17, 15) is 9.59 Å². The van der Waals surface area contributed by atoms with Gasteiger partial charge in [0.05, 0.1) is 5.92 Å². The van der Waals surface area contributed by atoms with Crippen LogP contribution in [0.2, 0.25) is 0 Å². The lowest BCUT2D eigenvalue weighted by Crippen LogP contribution is -2.21. The van der Waals surface area contributed by atoms with Gasteiger partial charge in [-0.15, -0.1) is 0 Å². The highest BCUT2D eigenvalue weighted by atomic mass is 16.6. The zero-order chi connectivity index (χ0) is 37.1. The molecule has 51 heavy (non-hydrogen) atoms. The van der Waals surface area contributed by atoms with E-state index in [2.05, 4.69) is 20.8 Å². The molecule has 0 bridgehead atoms. The molecule has 0 heterocycles. The van der Waals surface area contributed by atoms with Crippen LogP contribution in [0.5, 0.6) is 0 Å². The molecule has 0 radical (unpaired) electrons. The van der Waals surface area contributed by atoms with E-state index in [-0.39, 0.29) is 17.9 Å². The molecule has 304 valence electrons. The number of rotatable bonds is 43. The summed E-state index contributed by atoms with van der Waals surface area (Å²) in [6.45, 7) is 6.85. The molecule has 0 saturated heterocycles. The summed E-state index contributed by atoms with van der Waals surface area (Å²) >= 11 is 0. The van der Waals surface area contributed by atoms with E-state index >= 15 is 0 Å². The maximum absolute atomic E-state index is 13.1. The number of carbonyl (C=O) groups is 2. The van der Waals surface area contributed by atoms with Crippen molar-refractivity contribution in [3.63, 3.8) is 0 Å². The summed E-state index contributed by atoms with van der Waals surface area (Å²) in [6, 6.07) is 0. The largest absolute Gasteiger partial charge is 0.393 e. The first kappa shape index (κ1) is 50.1. The summed E-state index contributed by atoms with van der Waals surface area (Å²) in [6.07, 6.45) is 53.7. The van der Waals surface area contributed by atoms with E-state index in [4.69, 9.17) is 4.74 Å². The Hall–Kier alpha value is -0.860. The normalized spacial score (nSPS) is 12.1. The monoisotopic (exact) mass is 719 g/mol. The second-order valence-electron chi connectivity index (χ2n) is 16.5. The molecule has 0 aromatic carbocycles. The molecule has 0 rings (SSSR count). The zero-order valence-corrected chi connectivity index (χ0v) is 35.5. The van der Waals surface area contributed by atoms with Crippen LogP contribution in [0.3, 0.4) is 0 Å². The third-order valence-electron chi connectivity index (χ3n) is 11.3. The number of unbranched alkanes of at least 4 members (excludes halogenated alkanes) is 36. The zero-order valence-electron chi connectivity index (χ0n) is 35.5. The van der Waals surface area contributed by atoms with Crippen LogP contribution >= 0.6 is 0 Å². The van der Waals surface area contributed by atoms with Crippen LogP contribution in [-0.4, -0.2) is 11.9 Å². The van der Waals surface area contributed by atoms with Gasteiger partial charge in [0.1, 0.15) is 0 Å². The molecule has 0 aromatic rings. The second-order valence-corrected chi connectivity index (χ2v) is 16.5. The molecule has 0 N–H and O–H groups in total. The van der Waals surface area contributed by atoms with Crippen molar-refractivity contribution in [3.05, 3.63) is 0 Å². The van der Waals surface area contributed by atoms with Gasteiger partial charge in [-0.05, 0) is 19.3 Å². The lowest BCUT2D eigenvalue weighted by Gasteiger charge is -2.15. The Bertz CT molecular complexity index is 688. The molecule has 3 heteroatoms. The van der Waals surface area contributed by atoms with Gasteiger partial charge in [0.15, 0.2) is 0 Å². The summed E-state index contributed by atoms with van der Waals surface area (Å²) < 4.78 is 5.47. The van der Waals surface area contributed by atoms with Crippen molar-refractivity contribution in [3.8, 4) is 0 Å². The molecule has 0 aromatic heterocycles. The third-order valence-corrected chi connectivity index (χ3v) is 11.3. The van der Waals surface area contributed by atoms with E-state index in [0.717, 1.165) is 38.5 Å². The summed E-state index contributed by atoms with van der Waals surface area (Å²) in [7, 11) is 0. The predicted molar refractivity (Wildman–Crippen MR) is 226 cm³/mol. The third kappa shape index (κ3) is 40.2. The Morgan fingerprint density at radius 2 is 0.529 bits per heavy atom. The smallest absolute Gasteiger partial charge is 0.316 e. The fourth-order valence-electron chi connectivity index (χ4n) is 7.73. The SMILES string of the molecule is CCCCCCCCCCCCCCCCC(CCCCCCCCCCCCCC)C(=O)OC(=O)CCCCCCCCCCCCCCC. The molecule has 0 spiro atoms. The highest BCUT2D eigenvalue weighted by Gasteiger charge is 2.22. The average molecular weight is 719 g/mol. The van der Waals surface area contributed by atoms with E-state index in [1.165, 1.54) is 225 Å². The van der Waals surface area contributed by atoms with Gasteiger partial charge in [0.25, 0.3) is 0 Å². The van der Waals surface area contributed by atoms with Gasteiger partial charge in [-0.3, -0.25) is 9.59 Å². The second kappa shape index (κ2) is 43.5. The van der Waals surface area contributed by atoms with E-state index in [1.807, 2.05) is 0 Å². The van der Waals surface area contributed by atoms with Crippen LogP contribution in [0.25, 0.3) is 0 Å². The Morgan fingerprint density at radius 3 is 0.784 bits per heavy atom. The Balaban J connectivity index is 4.19. The lowest BCUT2D eigenvalue weighted by atomic mass is 9.94. The standard InChI is InChI=1S/C48H94O3/c1-4-7-10-13-16-19-22-25-27-29-32-35-38-41-44-46(43-40-37-34-31-28-24-21-18-15-12-9-6-3)48(50)51-47(49)45-42-39-36-33-30-26-23-20-17-14-11-8-5-2/h46H,4-45H2,1-3H3. The first-order valence-corrected chi connectivity index (χ1v) is 23.9. The molecule has 0 fully saturated rings.